The molecular formula is C84H115F2N11O20. The molecule has 117 heavy (non-hydrogen) atoms. The molecule has 31 nitrogen and oxygen atoms in total. The molecule has 1 aromatic heterocycles. The van der Waals surface area contributed by atoms with E-state index < -0.39 is 113 Å². The molecule has 10 rings (SSSR count). The third-order valence-corrected chi connectivity index (χ3v) is 23.0. The van der Waals surface area contributed by atoms with Gasteiger partial charge in [0, 0.05) is 84.8 Å². The van der Waals surface area contributed by atoms with E-state index in [0.717, 1.165) is 35.0 Å². The van der Waals surface area contributed by atoms with E-state index in [9.17, 15) is 48.3 Å². The van der Waals surface area contributed by atoms with Crippen LogP contribution in [-0.2, 0) is 101 Å². The van der Waals surface area contributed by atoms with Gasteiger partial charge in [0.15, 0.2) is 34.9 Å². The van der Waals surface area contributed by atoms with Crippen molar-refractivity contribution >= 4 is 64.5 Å². The molecular weight excluding hydrogens is 1520 g/mol. The summed E-state index contributed by atoms with van der Waals surface area (Å²) in [5, 5.41) is 37.7. The van der Waals surface area contributed by atoms with Gasteiger partial charge in [0.2, 0.25) is 23.6 Å². The molecule has 6 aliphatic rings. The summed E-state index contributed by atoms with van der Waals surface area (Å²) in [6.45, 7) is 14.3. The first-order valence-corrected chi connectivity index (χ1v) is 40.7. The van der Waals surface area contributed by atoms with E-state index in [0.29, 0.717) is 88.1 Å². The van der Waals surface area contributed by atoms with E-state index in [2.05, 4.69) is 42.2 Å². The zero-order chi connectivity index (χ0) is 83.7. The maximum absolute atomic E-state index is 18.0. The Morgan fingerprint density at radius 1 is 0.744 bits per heavy atom. The van der Waals surface area contributed by atoms with Crippen LogP contribution in [0.15, 0.2) is 96.6 Å². The van der Waals surface area contributed by atoms with Crippen LogP contribution in [0.3, 0.4) is 0 Å². The van der Waals surface area contributed by atoms with Crippen LogP contribution in [0.2, 0.25) is 0 Å². The summed E-state index contributed by atoms with van der Waals surface area (Å²) in [6, 6.07) is 20.1. The number of ether oxygens (including phenoxy) is 10. The van der Waals surface area contributed by atoms with Crippen LogP contribution in [0.4, 0.5) is 29.7 Å². The number of aromatic nitrogens is 3. The van der Waals surface area contributed by atoms with Crippen LogP contribution < -0.4 is 42.5 Å². The number of urea groups is 1. The third-order valence-electron chi connectivity index (χ3n) is 23.0. The van der Waals surface area contributed by atoms with E-state index in [4.69, 9.17) is 53.1 Å². The van der Waals surface area contributed by atoms with Gasteiger partial charge in [0.25, 0.3) is 0 Å². The molecule has 3 aromatic carbocycles. The number of rotatable bonds is 48. The Kier molecular flexibility index (Phi) is 33.4. The second kappa shape index (κ2) is 43.2. The first kappa shape index (κ1) is 90.5. The molecule has 1 saturated heterocycles. The molecule has 0 unspecified atom stereocenters. The van der Waals surface area contributed by atoms with E-state index >= 15 is 8.78 Å². The Morgan fingerprint density at radius 2 is 1.39 bits per heavy atom. The summed E-state index contributed by atoms with van der Waals surface area (Å²) in [4.78, 5) is 122. The number of nitrogens with zero attached hydrogens (tertiary/aromatic N) is 4. The van der Waals surface area contributed by atoms with Crippen LogP contribution in [-0.4, -0.2) is 241 Å². The largest absolute Gasteiger partial charge is 0.445 e. The SMILES string of the molecule is CCC[C@H]1O[C@@H]2C[C@H]3[C@@H]4C[C@H](F)C5=CC(=O)C=C[C@]5(C)[C@@]4(F)[C@@H](O)C[C@]3(C)[C@]2(C(=O)CNC(=O)OCc2ccc(NC(=O)[C@H](CCCNC(N)=O)CC(=O)[C@@H](NC(=O)CCOCCOCCOCCOCCNC(=O)CCC(=O)N3Cc4ccccc4-c4nnn(CCOCCOCCOCCNC)c4-c4ccccc43)C(C)C)cc2)O1. The molecule has 4 fully saturated rings. The third kappa shape index (κ3) is 22.4. The number of amides is 7. The second-order valence-electron chi connectivity index (χ2n) is 31.1. The van der Waals surface area contributed by atoms with Gasteiger partial charge >= 0.3 is 12.1 Å². The summed E-state index contributed by atoms with van der Waals surface area (Å²) in [5.74, 6) is -5.89. The number of aliphatic hydroxyl groups is 1. The van der Waals surface area contributed by atoms with Crippen LogP contribution in [0.5, 0.6) is 0 Å². The Hall–Kier alpha value is -8.87. The monoisotopic (exact) mass is 1640 g/mol. The number of carbonyl (C=O) groups excluding carboxylic acids is 9. The summed E-state index contributed by atoms with van der Waals surface area (Å²) in [7, 11) is 1.87. The number of para-hydroxylation sites is 1. The van der Waals surface area contributed by atoms with Gasteiger partial charge in [-0.25, -0.2) is 23.1 Å². The minimum Gasteiger partial charge on any atom is -0.445 e. The second-order valence-corrected chi connectivity index (χ2v) is 31.1. The summed E-state index contributed by atoms with van der Waals surface area (Å²) >= 11 is 0. The summed E-state index contributed by atoms with van der Waals surface area (Å²) in [5.41, 5.74) is 3.75. The minimum absolute atomic E-state index is 0.0193. The number of aliphatic hydroxyl groups excluding tert-OH is 1. The lowest BCUT2D eigenvalue weighted by Gasteiger charge is -2.63. The maximum atomic E-state index is 18.0. The average Bonchev–Trinajstić information content (AvgIpc) is 1.53. The van der Waals surface area contributed by atoms with Gasteiger partial charge in [-0.15, -0.1) is 5.10 Å². The zero-order valence-electron chi connectivity index (χ0n) is 67.8. The van der Waals surface area contributed by atoms with Crippen molar-refractivity contribution in [1.29, 1.82) is 0 Å². The number of nitrogens with two attached hydrogens (primary N) is 1. The van der Waals surface area contributed by atoms with Crippen molar-refractivity contribution in [3.63, 3.8) is 0 Å². The van der Waals surface area contributed by atoms with E-state index in [-0.39, 0.29) is 160 Å². The number of allylic oxidation sites excluding steroid dienone is 4. The van der Waals surface area contributed by atoms with E-state index in [1.54, 1.807) is 54.6 Å². The standard InChI is InChI=1S/C84H115F2N11O20/c1-7-13-74-116-70-49-62-63-48-65(85)64-47-59(98)25-27-81(64,4)83(63,86)68(100)50-82(62,5)84(70,117-74)69(101)51-91-80(107)115-53-55-19-21-58(22-20-55)92-78(105)56(15-12-28-90-79(87)106)46-67(99)75(54(2)3)93-72(103)26-32-108-36-40-112-44-45-114-42-38-110-34-30-89-71(102)23-24-73(104)96-52-57-14-8-9-16-60(57)76-77(61-17-10-11-18-66(61)96)97(95-94-76)31-35-111-39-43-113-41-37-109-33-29-88-6/h8-11,14,16-22,25,27,47,54,56,62-63,65,68,70,74-75,88,100H,7,12-13,15,23-24,26,28-46,48-53H2,1-6H3,(H,89,102)(H,91,107)(H,92,105)(H,93,103)(H3,87,90,106)/t56-,62+,63+,65+,68+,70-,74+,75+,81+,82+,83+,84-/m1/s1. The zero-order valence-corrected chi connectivity index (χ0v) is 67.8. The van der Waals surface area contributed by atoms with Crippen molar-refractivity contribution in [2.45, 2.75) is 167 Å². The number of fused-ring (bicyclic) bond motifs is 12. The molecule has 12 atom stereocenters. The normalized spacial score (nSPS) is 23.9. The molecule has 3 saturated carbocycles. The highest BCUT2D eigenvalue weighted by Gasteiger charge is 2.80. The van der Waals surface area contributed by atoms with Gasteiger partial charge in [0.05, 0.1) is 142 Å². The fourth-order valence-electron chi connectivity index (χ4n) is 17.1. The van der Waals surface area contributed by atoms with Crippen LogP contribution in [0.25, 0.3) is 22.5 Å². The van der Waals surface area contributed by atoms with Crippen molar-refractivity contribution < 1.29 is 104 Å². The van der Waals surface area contributed by atoms with Crippen molar-refractivity contribution in [2.24, 2.45) is 40.2 Å². The van der Waals surface area contributed by atoms with Crippen LogP contribution in [0.1, 0.15) is 116 Å². The lowest BCUT2D eigenvalue weighted by molar-refractivity contribution is -0.233. The fourth-order valence-corrected chi connectivity index (χ4v) is 17.1. The van der Waals surface area contributed by atoms with Crippen molar-refractivity contribution in [3.8, 4) is 22.5 Å². The Bertz CT molecular complexity index is 4110. The number of alkyl carbamates (subject to hydrolysis) is 1. The van der Waals surface area contributed by atoms with Gasteiger partial charge in [-0.3, -0.25) is 33.6 Å². The fraction of sp³-hybridized carbons (Fsp3) is 0.607. The number of carbonyl (C=O) groups is 9. The van der Waals surface area contributed by atoms with Gasteiger partial charge in [0.1, 0.15) is 18.5 Å². The van der Waals surface area contributed by atoms with Crippen molar-refractivity contribution in [3.05, 3.63) is 108 Å². The first-order chi connectivity index (χ1) is 56.4. The van der Waals surface area contributed by atoms with Gasteiger partial charge < -0.3 is 95.0 Å². The molecule has 0 spiro atoms. The number of hydrogen-bond acceptors (Lipinski definition) is 23. The Labute approximate surface area is 680 Å². The first-order valence-electron chi connectivity index (χ1n) is 40.7. The number of alkyl halides is 2. The topological polar surface area (TPSA) is 398 Å². The highest BCUT2D eigenvalue weighted by Crippen LogP contribution is 2.72. The quantitative estimate of drug-likeness (QED) is 0.0209. The van der Waals surface area contributed by atoms with E-state index in [1.807, 2.05) is 62.5 Å². The van der Waals surface area contributed by atoms with Gasteiger partial charge in [-0.05, 0) is 111 Å². The number of benzene rings is 3. The number of primary amides is 1. The predicted molar refractivity (Wildman–Crippen MR) is 425 cm³/mol. The summed E-state index contributed by atoms with van der Waals surface area (Å²) in [6.07, 6.45) is -1.61. The molecule has 33 heteroatoms. The highest BCUT2D eigenvalue weighted by molar-refractivity contribution is 6.03. The highest BCUT2D eigenvalue weighted by atomic mass is 19.1. The van der Waals surface area contributed by atoms with Crippen molar-refractivity contribution in [1.82, 2.24) is 41.6 Å². The number of anilines is 2. The molecule has 640 valence electrons. The number of likely N-dealkylation sites (N-methyl/N-ethyl adjacent to an activating group) is 1. The lowest BCUT2D eigenvalue weighted by Crippen LogP contribution is -2.71. The van der Waals surface area contributed by atoms with E-state index in [1.165, 1.54) is 19.1 Å². The average molecular weight is 1640 g/mol. The summed E-state index contributed by atoms with van der Waals surface area (Å²) < 4.78 is 94.0. The Balaban J connectivity index is 0.584. The molecule has 4 aromatic rings. The molecule has 0 radical (unpaired) electrons. The van der Waals surface area contributed by atoms with Gasteiger partial charge in [-0.1, -0.05) is 100 Å². The van der Waals surface area contributed by atoms with Gasteiger partial charge in [-0.2, -0.15) is 0 Å². The maximum Gasteiger partial charge on any atom is 0.407 e. The number of Topliss-reactive ketones (excluding diaryl/α,β-unsaturated/α-hetero) is 2. The molecule has 7 amide bonds. The number of hydrogen-bond donors (Lipinski definition) is 8. The molecule has 3 heterocycles. The molecule has 2 aliphatic heterocycles. The number of halogens is 2. The number of nitrogens with one attached hydrogen (secondary N) is 6. The van der Waals surface area contributed by atoms with Crippen LogP contribution >= 0.6 is 0 Å². The molecule has 4 aliphatic carbocycles. The van der Waals surface area contributed by atoms with Crippen molar-refractivity contribution in [2.75, 3.05) is 136 Å². The predicted octanol–water partition coefficient (Wildman–Crippen LogP) is 6.89. The van der Waals surface area contributed by atoms with Crippen LogP contribution in [0, 0.1) is 34.5 Å². The minimum atomic E-state index is -2.39. The Morgan fingerprint density at radius 3 is 2.07 bits per heavy atom. The smallest absolute Gasteiger partial charge is 0.407 e. The number of ketones is 3. The molecule has 9 N–H and O–H groups in total. The lowest BCUT2D eigenvalue weighted by atomic mass is 9.44. The molecule has 0 bridgehead atoms.